The summed E-state index contributed by atoms with van der Waals surface area (Å²) >= 11 is 0. The van der Waals surface area contributed by atoms with Crippen LogP contribution in [0.3, 0.4) is 0 Å². The standard InChI is InChI=1S/C16H29N5O4/c1-16(2)14(24)21(15(25)17-16)10-12(22)9-19-5-7-20(8-6-19)11-13(23)18(3)4/h12,22H,5-11H2,1-4H3,(H,17,25). The Kier molecular flexibility index (Phi) is 6.02. The van der Waals surface area contributed by atoms with Crippen LogP contribution in [-0.2, 0) is 9.59 Å². The van der Waals surface area contributed by atoms with Crippen LogP contribution in [0, 0.1) is 0 Å². The SMILES string of the molecule is CN(C)C(=O)CN1CCN(CC(O)CN2C(=O)NC(C)(C)C2=O)CC1. The zero-order valence-corrected chi connectivity index (χ0v) is 15.5. The fourth-order valence-electron chi connectivity index (χ4n) is 3.01. The highest BCUT2D eigenvalue weighted by Crippen LogP contribution is 2.17. The summed E-state index contributed by atoms with van der Waals surface area (Å²) in [5.74, 6) is -0.238. The largest absolute Gasteiger partial charge is 0.390 e. The van der Waals surface area contributed by atoms with E-state index in [4.69, 9.17) is 0 Å². The molecule has 0 aromatic heterocycles. The lowest BCUT2D eigenvalue weighted by atomic mass is 10.1. The van der Waals surface area contributed by atoms with Crippen molar-refractivity contribution in [2.75, 3.05) is 59.9 Å². The quantitative estimate of drug-likeness (QED) is 0.556. The first-order chi connectivity index (χ1) is 11.6. The minimum absolute atomic E-state index is 0.00652. The Morgan fingerprint density at radius 3 is 2.20 bits per heavy atom. The summed E-state index contributed by atoms with van der Waals surface area (Å²) in [4.78, 5) is 42.6. The number of rotatable bonds is 6. The first kappa shape index (κ1) is 19.6. The predicted molar refractivity (Wildman–Crippen MR) is 91.9 cm³/mol. The fourth-order valence-corrected chi connectivity index (χ4v) is 3.01. The summed E-state index contributed by atoms with van der Waals surface area (Å²) in [5, 5.41) is 12.9. The van der Waals surface area contributed by atoms with Gasteiger partial charge in [0, 0.05) is 46.8 Å². The van der Waals surface area contributed by atoms with Gasteiger partial charge in [-0.1, -0.05) is 0 Å². The Morgan fingerprint density at radius 2 is 1.72 bits per heavy atom. The van der Waals surface area contributed by atoms with Crippen LogP contribution in [0.15, 0.2) is 0 Å². The first-order valence-electron chi connectivity index (χ1n) is 8.57. The van der Waals surface area contributed by atoms with Gasteiger partial charge in [0.2, 0.25) is 5.91 Å². The highest BCUT2D eigenvalue weighted by Gasteiger charge is 2.44. The molecule has 0 aromatic carbocycles. The van der Waals surface area contributed by atoms with E-state index >= 15 is 0 Å². The van der Waals surface area contributed by atoms with Gasteiger partial charge in [-0.3, -0.25) is 24.3 Å². The monoisotopic (exact) mass is 355 g/mol. The van der Waals surface area contributed by atoms with Crippen LogP contribution in [0.1, 0.15) is 13.8 Å². The van der Waals surface area contributed by atoms with Gasteiger partial charge in [-0.05, 0) is 13.8 Å². The number of nitrogens with zero attached hydrogens (tertiary/aromatic N) is 4. The number of carbonyl (C=O) groups excluding carboxylic acids is 3. The van der Waals surface area contributed by atoms with E-state index in [9.17, 15) is 19.5 Å². The van der Waals surface area contributed by atoms with E-state index in [0.29, 0.717) is 13.1 Å². The van der Waals surface area contributed by atoms with Gasteiger partial charge in [0.15, 0.2) is 0 Å². The smallest absolute Gasteiger partial charge is 0.325 e. The summed E-state index contributed by atoms with van der Waals surface area (Å²) in [6.07, 6.45) is -0.793. The van der Waals surface area contributed by atoms with Gasteiger partial charge in [-0.15, -0.1) is 0 Å². The second-order valence-corrected chi connectivity index (χ2v) is 7.49. The fraction of sp³-hybridized carbons (Fsp3) is 0.812. The van der Waals surface area contributed by atoms with Crippen molar-refractivity contribution in [3.05, 3.63) is 0 Å². The Hall–Kier alpha value is -1.71. The zero-order chi connectivity index (χ0) is 18.8. The lowest BCUT2D eigenvalue weighted by Crippen LogP contribution is -2.52. The van der Waals surface area contributed by atoms with Gasteiger partial charge < -0.3 is 15.3 Å². The number of β-amino-alcohol motifs (C(OH)–C–C–N with tert-alkyl or cyclic N) is 1. The normalized spacial score (nSPS) is 22.8. The summed E-state index contributed by atoms with van der Waals surface area (Å²) in [5.41, 5.74) is -0.915. The zero-order valence-electron chi connectivity index (χ0n) is 15.5. The Bertz CT molecular complexity index is 529. The second-order valence-electron chi connectivity index (χ2n) is 7.49. The maximum atomic E-state index is 12.1. The molecule has 2 N–H and O–H groups in total. The highest BCUT2D eigenvalue weighted by molar-refractivity contribution is 6.06. The molecule has 2 heterocycles. The van der Waals surface area contributed by atoms with Crippen molar-refractivity contribution in [2.45, 2.75) is 25.5 Å². The van der Waals surface area contributed by atoms with Crippen molar-refractivity contribution in [2.24, 2.45) is 0 Å². The molecule has 0 saturated carbocycles. The van der Waals surface area contributed by atoms with Crippen LogP contribution in [0.4, 0.5) is 4.79 Å². The average Bonchev–Trinajstić information content (AvgIpc) is 2.71. The summed E-state index contributed by atoms with van der Waals surface area (Å²) < 4.78 is 0. The molecule has 2 rings (SSSR count). The molecule has 2 fully saturated rings. The number of nitrogens with one attached hydrogen (secondary N) is 1. The molecule has 0 radical (unpaired) electrons. The molecule has 1 unspecified atom stereocenters. The molecular weight excluding hydrogens is 326 g/mol. The van der Waals surface area contributed by atoms with Crippen molar-refractivity contribution >= 4 is 17.8 Å². The molecule has 2 saturated heterocycles. The summed E-state index contributed by atoms with van der Waals surface area (Å²) in [7, 11) is 3.48. The molecule has 0 aromatic rings. The van der Waals surface area contributed by atoms with E-state index in [2.05, 4.69) is 15.1 Å². The second kappa shape index (κ2) is 7.67. The third-order valence-corrected chi connectivity index (χ3v) is 4.63. The third kappa shape index (κ3) is 4.90. The third-order valence-electron chi connectivity index (χ3n) is 4.63. The van der Waals surface area contributed by atoms with Crippen molar-refractivity contribution in [3.8, 4) is 0 Å². The Balaban J connectivity index is 1.76. The number of likely N-dealkylation sites (N-methyl/N-ethyl adjacent to an activating group) is 1. The maximum absolute atomic E-state index is 12.1. The first-order valence-corrected chi connectivity index (χ1v) is 8.57. The van der Waals surface area contributed by atoms with Crippen molar-refractivity contribution in [1.82, 2.24) is 24.9 Å². The van der Waals surface area contributed by atoms with E-state index < -0.39 is 17.7 Å². The molecular formula is C16H29N5O4. The number of aliphatic hydroxyl groups excluding tert-OH is 1. The molecule has 4 amide bonds. The van der Waals surface area contributed by atoms with Crippen molar-refractivity contribution in [1.29, 1.82) is 0 Å². The van der Waals surface area contributed by atoms with E-state index in [1.54, 1.807) is 32.8 Å². The molecule has 0 bridgehead atoms. The lowest BCUT2D eigenvalue weighted by molar-refractivity contribution is -0.131. The maximum Gasteiger partial charge on any atom is 0.325 e. The van der Waals surface area contributed by atoms with Crippen LogP contribution in [0.25, 0.3) is 0 Å². The number of hydrogen-bond donors (Lipinski definition) is 2. The minimum Gasteiger partial charge on any atom is -0.390 e. The van der Waals surface area contributed by atoms with Crippen LogP contribution >= 0.6 is 0 Å². The van der Waals surface area contributed by atoms with Gasteiger partial charge in [0.05, 0.1) is 19.2 Å². The molecule has 142 valence electrons. The van der Waals surface area contributed by atoms with Gasteiger partial charge in [-0.25, -0.2) is 4.79 Å². The summed E-state index contributed by atoms with van der Waals surface area (Å²) in [6, 6.07) is -0.457. The van der Waals surface area contributed by atoms with Gasteiger partial charge in [0.1, 0.15) is 5.54 Å². The van der Waals surface area contributed by atoms with E-state index in [0.717, 1.165) is 31.1 Å². The Labute approximate surface area is 148 Å². The van der Waals surface area contributed by atoms with Gasteiger partial charge >= 0.3 is 6.03 Å². The topological polar surface area (TPSA) is 96.4 Å². The summed E-state index contributed by atoms with van der Waals surface area (Å²) in [6.45, 7) is 7.07. The molecule has 9 nitrogen and oxygen atoms in total. The average molecular weight is 355 g/mol. The molecule has 9 heteroatoms. The number of aliphatic hydroxyl groups is 1. The van der Waals surface area contributed by atoms with Crippen molar-refractivity contribution in [3.63, 3.8) is 0 Å². The molecule has 0 spiro atoms. The number of imide groups is 1. The Morgan fingerprint density at radius 1 is 1.16 bits per heavy atom. The van der Waals surface area contributed by atoms with Gasteiger partial charge in [-0.2, -0.15) is 0 Å². The van der Waals surface area contributed by atoms with Crippen LogP contribution < -0.4 is 5.32 Å². The predicted octanol–water partition coefficient (Wildman–Crippen LogP) is -1.62. The van der Waals surface area contributed by atoms with E-state index in [1.807, 2.05) is 0 Å². The van der Waals surface area contributed by atoms with Gasteiger partial charge in [0.25, 0.3) is 5.91 Å². The number of carbonyl (C=O) groups is 3. The number of amides is 4. The molecule has 2 aliphatic heterocycles. The van der Waals surface area contributed by atoms with E-state index in [1.165, 1.54) is 0 Å². The molecule has 2 aliphatic rings. The molecule has 1 atom stereocenters. The van der Waals surface area contributed by atoms with Crippen molar-refractivity contribution < 1.29 is 19.5 Å². The number of hydrogen-bond acceptors (Lipinski definition) is 6. The molecule has 25 heavy (non-hydrogen) atoms. The lowest BCUT2D eigenvalue weighted by Gasteiger charge is -2.35. The van der Waals surface area contributed by atoms with Crippen LogP contribution in [0.5, 0.6) is 0 Å². The molecule has 0 aliphatic carbocycles. The highest BCUT2D eigenvalue weighted by atomic mass is 16.3. The van der Waals surface area contributed by atoms with Crippen LogP contribution in [-0.4, -0.2) is 114 Å². The van der Waals surface area contributed by atoms with Crippen LogP contribution in [0.2, 0.25) is 0 Å². The van der Waals surface area contributed by atoms with E-state index in [-0.39, 0.29) is 18.4 Å². The number of piperazine rings is 1. The number of urea groups is 1. The minimum atomic E-state index is -0.915.